The van der Waals surface area contributed by atoms with Gasteiger partial charge in [-0.2, -0.15) is 0 Å². The average molecular weight is 270 g/mol. The minimum atomic E-state index is 0.0427. The average Bonchev–Trinajstić information content (AvgIpc) is 2.92. The maximum Gasteiger partial charge on any atom is 0.0777 e. The highest BCUT2D eigenvalue weighted by atomic mass is 16.5. The van der Waals surface area contributed by atoms with Crippen molar-refractivity contribution in [1.29, 1.82) is 0 Å². The molecule has 1 N–H and O–H groups in total. The summed E-state index contributed by atoms with van der Waals surface area (Å²) in [6.07, 6.45) is 5.29. The van der Waals surface area contributed by atoms with Gasteiger partial charge in [-0.3, -0.25) is 4.90 Å². The summed E-state index contributed by atoms with van der Waals surface area (Å²) >= 11 is 0. The molecule has 2 aliphatic rings. The molecule has 3 atom stereocenters. The fourth-order valence-corrected chi connectivity index (χ4v) is 3.17. The van der Waals surface area contributed by atoms with Crippen LogP contribution in [-0.4, -0.2) is 62.5 Å². The normalized spacial score (nSPS) is 34.6. The molecule has 112 valence electrons. The number of nitrogens with zero attached hydrogens (tertiary/aromatic N) is 1. The lowest BCUT2D eigenvalue weighted by Crippen LogP contribution is -2.53. The zero-order valence-electron chi connectivity index (χ0n) is 12.8. The molecule has 0 bridgehead atoms. The Kier molecular flexibility index (Phi) is 5.63. The Morgan fingerprint density at radius 1 is 1.47 bits per heavy atom. The Morgan fingerprint density at radius 2 is 2.32 bits per heavy atom. The smallest absolute Gasteiger partial charge is 0.0777 e. The Balaban J connectivity index is 1.68. The van der Waals surface area contributed by atoms with Crippen LogP contribution >= 0.6 is 0 Å². The molecular weight excluding hydrogens is 240 g/mol. The molecule has 0 aliphatic carbocycles. The second-order valence-electron chi connectivity index (χ2n) is 6.37. The number of likely N-dealkylation sites (tertiary alicyclic amines) is 1. The number of piperidine rings is 1. The molecule has 19 heavy (non-hydrogen) atoms. The van der Waals surface area contributed by atoms with Crippen LogP contribution in [-0.2, 0) is 9.47 Å². The molecule has 0 radical (unpaired) electrons. The van der Waals surface area contributed by atoms with E-state index < -0.39 is 0 Å². The van der Waals surface area contributed by atoms with Gasteiger partial charge >= 0.3 is 0 Å². The fraction of sp³-hybridized carbons (Fsp3) is 1.00. The van der Waals surface area contributed by atoms with E-state index in [1.54, 1.807) is 0 Å². The summed E-state index contributed by atoms with van der Waals surface area (Å²) in [6, 6.07) is 0.566. The van der Waals surface area contributed by atoms with Gasteiger partial charge in [0.2, 0.25) is 0 Å². The van der Waals surface area contributed by atoms with E-state index in [2.05, 4.69) is 24.1 Å². The zero-order chi connectivity index (χ0) is 13.7. The first-order chi connectivity index (χ1) is 9.13. The molecule has 2 heterocycles. The monoisotopic (exact) mass is 270 g/mol. The Morgan fingerprint density at radius 3 is 3.00 bits per heavy atom. The number of hydrogen-bond donors (Lipinski definition) is 1. The Hall–Kier alpha value is -0.160. The lowest BCUT2D eigenvalue weighted by atomic mass is 9.94. The number of hydrogen-bond acceptors (Lipinski definition) is 4. The van der Waals surface area contributed by atoms with E-state index in [0.717, 1.165) is 26.2 Å². The number of methoxy groups -OCH3 is 1. The number of rotatable bonds is 6. The standard InChI is InChI=1S/C15H30N2O2/c1-13(10-16-11-14-6-4-9-19-14)17-8-5-7-15(2,12-17)18-3/h13-14,16H,4-12H2,1-3H3. The third kappa shape index (κ3) is 4.42. The third-order valence-electron chi connectivity index (χ3n) is 4.64. The van der Waals surface area contributed by atoms with Gasteiger partial charge in [-0.05, 0) is 46.1 Å². The lowest BCUT2D eigenvalue weighted by molar-refractivity contribution is -0.0594. The van der Waals surface area contributed by atoms with Crippen molar-refractivity contribution in [3.05, 3.63) is 0 Å². The van der Waals surface area contributed by atoms with Crippen molar-refractivity contribution in [2.24, 2.45) is 0 Å². The van der Waals surface area contributed by atoms with E-state index in [9.17, 15) is 0 Å². The van der Waals surface area contributed by atoms with Crippen LogP contribution in [0.1, 0.15) is 39.5 Å². The molecule has 3 unspecified atom stereocenters. The molecule has 2 fully saturated rings. The Bertz CT molecular complexity index is 269. The highest BCUT2D eigenvalue weighted by Gasteiger charge is 2.32. The van der Waals surface area contributed by atoms with Crippen LogP contribution in [0, 0.1) is 0 Å². The van der Waals surface area contributed by atoms with Crippen LogP contribution < -0.4 is 5.32 Å². The van der Waals surface area contributed by atoms with Crippen LogP contribution in [0.4, 0.5) is 0 Å². The highest BCUT2D eigenvalue weighted by molar-refractivity contribution is 4.87. The first-order valence-electron chi connectivity index (χ1n) is 7.74. The quantitative estimate of drug-likeness (QED) is 0.795. The van der Waals surface area contributed by atoms with E-state index in [-0.39, 0.29) is 5.60 Å². The predicted octanol–water partition coefficient (Wildman–Crippen LogP) is 1.64. The largest absolute Gasteiger partial charge is 0.377 e. The minimum absolute atomic E-state index is 0.0427. The number of ether oxygens (including phenoxy) is 2. The van der Waals surface area contributed by atoms with Gasteiger partial charge in [-0.25, -0.2) is 0 Å². The predicted molar refractivity (Wildman–Crippen MR) is 77.5 cm³/mol. The van der Waals surface area contributed by atoms with Crippen molar-refractivity contribution in [3.63, 3.8) is 0 Å². The highest BCUT2D eigenvalue weighted by Crippen LogP contribution is 2.25. The van der Waals surface area contributed by atoms with E-state index in [1.807, 2.05) is 7.11 Å². The first kappa shape index (κ1) is 15.2. The van der Waals surface area contributed by atoms with Gasteiger partial charge in [0.05, 0.1) is 11.7 Å². The van der Waals surface area contributed by atoms with E-state index >= 15 is 0 Å². The molecule has 2 aliphatic heterocycles. The second-order valence-corrected chi connectivity index (χ2v) is 6.37. The van der Waals surface area contributed by atoms with Gasteiger partial charge in [-0.15, -0.1) is 0 Å². The zero-order valence-corrected chi connectivity index (χ0v) is 12.8. The molecule has 4 nitrogen and oxygen atoms in total. The van der Waals surface area contributed by atoms with Gasteiger partial charge in [0, 0.05) is 39.4 Å². The maximum absolute atomic E-state index is 5.66. The van der Waals surface area contributed by atoms with Crippen molar-refractivity contribution >= 4 is 0 Å². The molecule has 0 aromatic rings. The van der Waals surface area contributed by atoms with E-state index in [0.29, 0.717) is 12.1 Å². The molecule has 2 saturated heterocycles. The van der Waals surface area contributed by atoms with Crippen LogP contribution in [0.25, 0.3) is 0 Å². The van der Waals surface area contributed by atoms with Gasteiger partial charge < -0.3 is 14.8 Å². The molecular formula is C15H30N2O2. The summed E-state index contributed by atoms with van der Waals surface area (Å²) in [7, 11) is 1.84. The maximum atomic E-state index is 5.66. The molecule has 0 aromatic carbocycles. The van der Waals surface area contributed by atoms with Gasteiger partial charge in [0.1, 0.15) is 0 Å². The topological polar surface area (TPSA) is 33.7 Å². The molecule has 0 amide bonds. The lowest BCUT2D eigenvalue weighted by Gasteiger charge is -2.42. The van der Waals surface area contributed by atoms with Crippen molar-refractivity contribution < 1.29 is 9.47 Å². The summed E-state index contributed by atoms with van der Waals surface area (Å²) in [5.41, 5.74) is 0.0427. The third-order valence-corrected chi connectivity index (χ3v) is 4.64. The van der Waals surface area contributed by atoms with Crippen molar-refractivity contribution in [2.75, 3.05) is 39.9 Å². The fourth-order valence-electron chi connectivity index (χ4n) is 3.17. The van der Waals surface area contributed by atoms with Crippen LogP contribution in [0.15, 0.2) is 0 Å². The van der Waals surface area contributed by atoms with Crippen molar-refractivity contribution in [2.45, 2.75) is 57.3 Å². The van der Waals surface area contributed by atoms with Crippen molar-refractivity contribution in [1.82, 2.24) is 10.2 Å². The molecule has 0 spiro atoms. The van der Waals surface area contributed by atoms with Crippen LogP contribution in [0.3, 0.4) is 0 Å². The first-order valence-corrected chi connectivity index (χ1v) is 7.74. The number of nitrogens with one attached hydrogen (secondary N) is 1. The summed E-state index contributed by atoms with van der Waals surface area (Å²) in [5, 5.41) is 3.56. The SMILES string of the molecule is COC1(C)CCCN(C(C)CNCC2CCCO2)C1. The molecule has 2 rings (SSSR count). The second kappa shape index (κ2) is 7.02. The Labute approximate surface area is 117 Å². The van der Waals surface area contributed by atoms with Gasteiger partial charge in [0.25, 0.3) is 0 Å². The molecule has 0 aromatic heterocycles. The molecule has 4 heteroatoms. The summed E-state index contributed by atoms with van der Waals surface area (Å²) in [5.74, 6) is 0. The summed E-state index contributed by atoms with van der Waals surface area (Å²) < 4.78 is 11.3. The van der Waals surface area contributed by atoms with Crippen LogP contribution in [0.5, 0.6) is 0 Å². The van der Waals surface area contributed by atoms with Gasteiger partial charge in [-0.1, -0.05) is 0 Å². The van der Waals surface area contributed by atoms with Crippen LogP contribution in [0.2, 0.25) is 0 Å². The molecule has 0 saturated carbocycles. The minimum Gasteiger partial charge on any atom is -0.377 e. The van der Waals surface area contributed by atoms with E-state index in [4.69, 9.17) is 9.47 Å². The van der Waals surface area contributed by atoms with Crippen molar-refractivity contribution in [3.8, 4) is 0 Å². The summed E-state index contributed by atoms with van der Waals surface area (Å²) in [4.78, 5) is 2.55. The summed E-state index contributed by atoms with van der Waals surface area (Å²) in [6.45, 7) is 9.77. The van der Waals surface area contributed by atoms with E-state index in [1.165, 1.54) is 32.2 Å². The van der Waals surface area contributed by atoms with Gasteiger partial charge in [0.15, 0.2) is 0 Å².